The molecule has 0 aliphatic heterocycles. The van der Waals surface area contributed by atoms with Gasteiger partial charge in [-0.2, -0.15) is 0 Å². The third-order valence-corrected chi connectivity index (χ3v) is 3.56. The highest BCUT2D eigenvalue weighted by molar-refractivity contribution is 5.92. The van der Waals surface area contributed by atoms with E-state index in [4.69, 9.17) is 4.74 Å². The number of carbonyl (C=O) groups excluding carboxylic acids is 1. The molecule has 0 heterocycles. The van der Waals surface area contributed by atoms with Crippen molar-refractivity contribution in [2.45, 2.75) is 12.5 Å². The van der Waals surface area contributed by atoms with Crippen LogP contribution in [0, 0.1) is 0 Å². The smallest absolute Gasteiger partial charge is 0.244 e. The van der Waals surface area contributed by atoms with E-state index in [1.807, 2.05) is 54.6 Å². The third kappa shape index (κ3) is 4.69. The van der Waals surface area contributed by atoms with E-state index in [9.17, 15) is 9.90 Å². The standard InChI is InChI=1S/C19H21NO3/c1-19(22,16-9-4-3-5-10-16)14-20-18(21)13-12-15-8-6-7-11-17(15)23-2/h3-13,22H,14H2,1-2H3,(H,20,21). The molecule has 1 atom stereocenters. The van der Waals surface area contributed by atoms with Crippen molar-refractivity contribution in [2.75, 3.05) is 13.7 Å². The van der Waals surface area contributed by atoms with Crippen molar-refractivity contribution in [3.05, 3.63) is 71.8 Å². The SMILES string of the molecule is COc1ccccc1C=CC(=O)NCC(C)(O)c1ccccc1. The maximum Gasteiger partial charge on any atom is 0.244 e. The largest absolute Gasteiger partial charge is 0.496 e. The van der Waals surface area contributed by atoms with Crippen LogP contribution in [0.15, 0.2) is 60.7 Å². The second-order valence-corrected chi connectivity index (χ2v) is 5.43. The normalized spacial score (nSPS) is 13.5. The fraction of sp³-hybridized carbons (Fsp3) is 0.211. The predicted molar refractivity (Wildman–Crippen MR) is 91.1 cm³/mol. The number of carbonyl (C=O) groups is 1. The molecule has 120 valence electrons. The molecule has 0 saturated heterocycles. The van der Waals surface area contributed by atoms with Gasteiger partial charge in [0.2, 0.25) is 5.91 Å². The van der Waals surface area contributed by atoms with Crippen LogP contribution in [0.5, 0.6) is 5.75 Å². The summed E-state index contributed by atoms with van der Waals surface area (Å²) in [5.74, 6) is 0.431. The Morgan fingerprint density at radius 3 is 2.52 bits per heavy atom. The molecule has 0 spiro atoms. The van der Waals surface area contributed by atoms with Gasteiger partial charge in [-0.3, -0.25) is 4.79 Å². The molecule has 0 aromatic heterocycles. The average Bonchev–Trinajstić information content (AvgIpc) is 2.59. The zero-order valence-electron chi connectivity index (χ0n) is 13.3. The van der Waals surface area contributed by atoms with Gasteiger partial charge < -0.3 is 15.2 Å². The van der Waals surface area contributed by atoms with Gasteiger partial charge in [0.25, 0.3) is 0 Å². The van der Waals surface area contributed by atoms with Gasteiger partial charge in [-0.05, 0) is 24.6 Å². The number of nitrogens with one attached hydrogen (secondary N) is 1. The summed E-state index contributed by atoms with van der Waals surface area (Å²) in [6.45, 7) is 1.80. The first-order chi connectivity index (χ1) is 11.0. The molecular formula is C19H21NO3. The van der Waals surface area contributed by atoms with Gasteiger partial charge in [-0.15, -0.1) is 0 Å². The number of rotatable bonds is 6. The van der Waals surface area contributed by atoms with E-state index in [1.54, 1.807) is 20.1 Å². The molecule has 0 fully saturated rings. The number of para-hydroxylation sites is 1. The second kappa shape index (κ2) is 7.61. The van der Waals surface area contributed by atoms with Crippen LogP contribution in [-0.2, 0) is 10.4 Å². The number of hydrogen-bond acceptors (Lipinski definition) is 3. The summed E-state index contributed by atoms with van der Waals surface area (Å²) in [4.78, 5) is 11.9. The molecule has 2 rings (SSSR count). The number of aliphatic hydroxyl groups is 1. The van der Waals surface area contributed by atoms with Crippen molar-refractivity contribution < 1.29 is 14.6 Å². The Bertz CT molecular complexity index is 678. The summed E-state index contributed by atoms with van der Waals surface area (Å²) in [5, 5.41) is 13.2. The lowest BCUT2D eigenvalue weighted by molar-refractivity contribution is -0.117. The van der Waals surface area contributed by atoms with Crippen LogP contribution in [0.2, 0.25) is 0 Å². The number of methoxy groups -OCH3 is 1. The highest BCUT2D eigenvalue weighted by atomic mass is 16.5. The highest BCUT2D eigenvalue weighted by Crippen LogP contribution is 2.20. The number of amides is 1. The molecule has 1 amide bonds. The van der Waals surface area contributed by atoms with Crippen molar-refractivity contribution in [1.82, 2.24) is 5.32 Å². The Morgan fingerprint density at radius 2 is 1.83 bits per heavy atom. The molecule has 0 radical (unpaired) electrons. The minimum Gasteiger partial charge on any atom is -0.496 e. The first kappa shape index (κ1) is 16.8. The molecular weight excluding hydrogens is 290 g/mol. The Kier molecular flexibility index (Phi) is 5.55. The van der Waals surface area contributed by atoms with E-state index in [1.165, 1.54) is 6.08 Å². The fourth-order valence-electron chi connectivity index (χ4n) is 2.19. The van der Waals surface area contributed by atoms with Crippen LogP contribution < -0.4 is 10.1 Å². The topological polar surface area (TPSA) is 58.6 Å². The highest BCUT2D eigenvalue weighted by Gasteiger charge is 2.22. The molecule has 2 N–H and O–H groups in total. The molecule has 4 heteroatoms. The van der Waals surface area contributed by atoms with Gasteiger partial charge in [-0.1, -0.05) is 48.5 Å². The first-order valence-electron chi connectivity index (χ1n) is 7.40. The van der Waals surface area contributed by atoms with E-state index in [0.717, 1.165) is 11.1 Å². The van der Waals surface area contributed by atoms with E-state index in [-0.39, 0.29) is 12.5 Å². The molecule has 2 aromatic rings. The minimum absolute atomic E-state index is 0.131. The van der Waals surface area contributed by atoms with Crippen molar-refractivity contribution in [2.24, 2.45) is 0 Å². The van der Waals surface area contributed by atoms with E-state index < -0.39 is 5.60 Å². The quantitative estimate of drug-likeness (QED) is 0.807. The molecule has 0 aliphatic rings. The van der Waals surface area contributed by atoms with Crippen molar-refractivity contribution in [3.8, 4) is 5.75 Å². The molecule has 1 unspecified atom stereocenters. The molecule has 0 saturated carbocycles. The van der Waals surface area contributed by atoms with Crippen molar-refractivity contribution in [1.29, 1.82) is 0 Å². The van der Waals surface area contributed by atoms with Gasteiger partial charge in [0, 0.05) is 11.6 Å². The Labute approximate surface area is 136 Å². The average molecular weight is 311 g/mol. The maximum absolute atomic E-state index is 11.9. The Hall–Kier alpha value is -2.59. The number of hydrogen-bond donors (Lipinski definition) is 2. The van der Waals surface area contributed by atoms with Gasteiger partial charge in [0.05, 0.1) is 13.7 Å². The lowest BCUT2D eigenvalue weighted by atomic mass is 9.96. The van der Waals surface area contributed by atoms with Crippen molar-refractivity contribution >= 4 is 12.0 Å². The summed E-state index contributed by atoms with van der Waals surface area (Å²) in [5.41, 5.74) is 0.462. The molecule has 2 aromatic carbocycles. The predicted octanol–water partition coefficient (Wildman–Crippen LogP) is 2.73. The van der Waals surface area contributed by atoms with E-state index in [2.05, 4.69) is 5.32 Å². The van der Waals surface area contributed by atoms with Gasteiger partial charge in [0.1, 0.15) is 11.4 Å². The molecule has 0 bridgehead atoms. The zero-order chi connectivity index (χ0) is 16.7. The molecule has 23 heavy (non-hydrogen) atoms. The lowest BCUT2D eigenvalue weighted by Crippen LogP contribution is -2.37. The van der Waals surface area contributed by atoms with E-state index in [0.29, 0.717) is 5.75 Å². The van der Waals surface area contributed by atoms with Crippen LogP contribution in [0.1, 0.15) is 18.1 Å². The Balaban J connectivity index is 1.96. The summed E-state index contributed by atoms with van der Waals surface area (Å²) >= 11 is 0. The maximum atomic E-state index is 11.9. The van der Waals surface area contributed by atoms with Crippen LogP contribution in [0.3, 0.4) is 0 Å². The Morgan fingerprint density at radius 1 is 1.17 bits per heavy atom. The van der Waals surface area contributed by atoms with Crippen LogP contribution in [0.4, 0.5) is 0 Å². The fourth-order valence-corrected chi connectivity index (χ4v) is 2.19. The minimum atomic E-state index is -1.12. The molecule has 4 nitrogen and oxygen atoms in total. The van der Waals surface area contributed by atoms with E-state index >= 15 is 0 Å². The monoisotopic (exact) mass is 311 g/mol. The third-order valence-electron chi connectivity index (χ3n) is 3.56. The summed E-state index contributed by atoms with van der Waals surface area (Å²) < 4.78 is 5.23. The van der Waals surface area contributed by atoms with Gasteiger partial charge in [-0.25, -0.2) is 0 Å². The lowest BCUT2D eigenvalue weighted by Gasteiger charge is -2.23. The number of benzene rings is 2. The van der Waals surface area contributed by atoms with Crippen LogP contribution in [0.25, 0.3) is 6.08 Å². The number of ether oxygens (including phenoxy) is 1. The van der Waals surface area contributed by atoms with Crippen molar-refractivity contribution in [3.63, 3.8) is 0 Å². The van der Waals surface area contributed by atoms with Crippen LogP contribution in [-0.4, -0.2) is 24.7 Å². The molecule has 0 aliphatic carbocycles. The van der Waals surface area contributed by atoms with Gasteiger partial charge >= 0.3 is 0 Å². The second-order valence-electron chi connectivity index (χ2n) is 5.43. The summed E-state index contributed by atoms with van der Waals surface area (Å²) in [7, 11) is 1.59. The summed E-state index contributed by atoms with van der Waals surface area (Å²) in [6, 6.07) is 16.7. The van der Waals surface area contributed by atoms with Gasteiger partial charge in [0.15, 0.2) is 0 Å². The van der Waals surface area contributed by atoms with Crippen LogP contribution >= 0.6 is 0 Å². The first-order valence-corrected chi connectivity index (χ1v) is 7.40. The zero-order valence-corrected chi connectivity index (χ0v) is 13.3. The summed E-state index contributed by atoms with van der Waals surface area (Å²) in [6.07, 6.45) is 3.12.